The highest BCUT2D eigenvalue weighted by Crippen LogP contribution is 2.28. The van der Waals surface area contributed by atoms with Gasteiger partial charge in [-0.25, -0.2) is 13.8 Å². The Labute approximate surface area is 194 Å². The molecule has 178 valence electrons. The number of nitriles is 1. The predicted molar refractivity (Wildman–Crippen MR) is 120 cm³/mol. The summed E-state index contributed by atoms with van der Waals surface area (Å²) >= 11 is 0. The molecule has 0 fully saturated rings. The minimum absolute atomic E-state index is 0.0498. The summed E-state index contributed by atoms with van der Waals surface area (Å²) in [5.41, 5.74) is -0.289. The molecule has 3 rings (SSSR count). The van der Waals surface area contributed by atoms with Crippen molar-refractivity contribution in [2.75, 3.05) is 30.0 Å². The molecule has 0 saturated carbocycles. The van der Waals surface area contributed by atoms with Gasteiger partial charge in [0.25, 0.3) is 5.91 Å². The number of halogens is 2. The first-order valence-corrected chi connectivity index (χ1v) is 10.5. The standard InChI is InChI=1S/C23H24F2N6O3/c1-23(12-32,13-33)30-21-7-20(14(8-26)10-29-21)31-6-5-19(15(9-27)22(31)34)28-11-16-17(24)3-2-4-18(16)25/h2-4,7,9-10,27-28,32-33H,5-6,11-13H2,1H3,(H,29,30)/p+1. The molecule has 34 heavy (non-hydrogen) atoms. The number of benzene rings is 1. The fraction of sp³-hybridized carbons (Fsp3) is 0.304. The van der Waals surface area contributed by atoms with E-state index in [-0.39, 0.29) is 54.5 Å². The normalized spacial score (nSPS) is 14.2. The number of carbonyl (C=O) groups is 1. The number of aliphatic hydroxyl groups excluding tert-OH is 2. The van der Waals surface area contributed by atoms with Gasteiger partial charge in [0.2, 0.25) is 0 Å². The minimum atomic E-state index is -1.07. The molecule has 1 aliphatic heterocycles. The van der Waals surface area contributed by atoms with Crippen LogP contribution in [0.2, 0.25) is 0 Å². The lowest BCUT2D eigenvalue weighted by Crippen LogP contribution is -2.82. The predicted octanol–water partition coefficient (Wildman–Crippen LogP) is 0.791. The van der Waals surface area contributed by atoms with E-state index in [1.54, 1.807) is 6.92 Å². The van der Waals surface area contributed by atoms with Gasteiger partial charge in [0.1, 0.15) is 41.3 Å². The third-order valence-electron chi connectivity index (χ3n) is 5.61. The maximum absolute atomic E-state index is 14.0. The molecule has 1 aliphatic rings. The van der Waals surface area contributed by atoms with Crippen molar-refractivity contribution in [2.45, 2.75) is 25.4 Å². The van der Waals surface area contributed by atoms with Gasteiger partial charge < -0.3 is 31.2 Å². The molecule has 0 saturated heterocycles. The van der Waals surface area contributed by atoms with E-state index >= 15 is 0 Å². The van der Waals surface area contributed by atoms with E-state index in [9.17, 15) is 29.1 Å². The molecule has 9 nitrogen and oxygen atoms in total. The fourth-order valence-electron chi connectivity index (χ4n) is 3.56. The number of aromatic nitrogens is 1. The fourth-order valence-corrected chi connectivity index (χ4v) is 3.56. The van der Waals surface area contributed by atoms with Crippen LogP contribution < -0.4 is 15.5 Å². The lowest BCUT2D eigenvalue weighted by atomic mass is 10.0. The molecule has 0 unspecified atom stereocenters. The molecule has 0 radical (unpaired) electrons. The molecule has 0 bridgehead atoms. The second-order valence-electron chi connectivity index (χ2n) is 8.10. The lowest BCUT2D eigenvalue weighted by Gasteiger charge is -2.30. The second-order valence-corrected chi connectivity index (χ2v) is 8.10. The molecule has 1 aromatic carbocycles. The van der Waals surface area contributed by atoms with Gasteiger partial charge in [0.05, 0.1) is 35.6 Å². The molecule has 1 aromatic heterocycles. The first-order chi connectivity index (χ1) is 16.3. The number of quaternary nitrogens is 1. The van der Waals surface area contributed by atoms with E-state index in [1.807, 2.05) is 6.07 Å². The Morgan fingerprint density at radius 3 is 2.62 bits per heavy atom. The van der Waals surface area contributed by atoms with Crippen LogP contribution in [-0.4, -0.2) is 52.6 Å². The van der Waals surface area contributed by atoms with Crippen molar-refractivity contribution < 1.29 is 29.1 Å². The van der Waals surface area contributed by atoms with Gasteiger partial charge in [-0.05, 0) is 19.1 Å². The Morgan fingerprint density at radius 2 is 2.03 bits per heavy atom. The molecule has 2 aromatic rings. The molecule has 0 spiro atoms. The highest BCUT2D eigenvalue weighted by molar-refractivity contribution is 6.19. The quantitative estimate of drug-likeness (QED) is 0.341. The zero-order valence-corrected chi connectivity index (χ0v) is 18.5. The van der Waals surface area contributed by atoms with Crippen molar-refractivity contribution in [3.63, 3.8) is 0 Å². The van der Waals surface area contributed by atoms with Crippen molar-refractivity contribution in [1.29, 1.82) is 10.7 Å². The van der Waals surface area contributed by atoms with E-state index in [0.717, 1.165) is 18.3 Å². The number of amides is 1. The number of hydrogen-bond donors (Lipinski definition) is 5. The van der Waals surface area contributed by atoms with Gasteiger partial charge >= 0.3 is 0 Å². The number of rotatable bonds is 9. The second kappa shape index (κ2) is 10.5. The molecule has 11 heteroatoms. The zero-order valence-electron chi connectivity index (χ0n) is 18.5. The lowest BCUT2D eigenvalue weighted by molar-refractivity contribution is -0.626. The summed E-state index contributed by atoms with van der Waals surface area (Å²) in [5.74, 6) is -1.68. The summed E-state index contributed by atoms with van der Waals surface area (Å²) < 4.78 is 27.9. The Bertz CT molecular complexity index is 1150. The number of nitrogens with one attached hydrogen (secondary N) is 2. The average Bonchev–Trinajstić information content (AvgIpc) is 2.83. The summed E-state index contributed by atoms with van der Waals surface area (Å²) in [6.07, 6.45) is 2.46. The SMILES string of the molecule is CC(CO)(CO)Nc1cc(N2CCC([NH2+]Cc3c(F)cccc3F)=C(C=N)C2=O)c(C#N)cn1. The zero-order chi connectivity index (χ0) is 24.9. The van der Waals surface area contributed by atoms with Crippen LogP contribution in [0.4, 0.5) is 20.3 Å². The van der Waals surface area contributed by atoms with E-state index < -0.39 is 23.1 Å². The number of nitrogens with zero attached hydrogens (tertiary/aromatic N) is 3. The minimum Gasteiger partial charge on any atom is -0.394 e. The number of nitrogens with two attached hydrogens (primary N) is 1. The van der Waals surface area contributed by atoms with Crippen LogP contribution in [0, 0.1) is 28.4 Å². The van der Waals surface area contributed by atoms with E-state index in [0.29, 0.717) is 12.1 Å². The van der Waals surface area contributed by atoms with Crippen LogP contribution in [0.15, 0.2) is 41.7 Å². The van der Waals surface area contributed by atoms with Gasteiger partial charge in [0.15, 0.2) is 0 Å². The highest BCUT2D eigenvalue weighted by Gasteiger charge is 2.32. The molecular weight excluding hydrogens is 446 g/mol. The van der Waals surface area contributed by atoms with Gasteiger partial charge in [0, 0.05) is 31.4 Å². The molecule has 0 atom stereocenters. The summed E-state index contributed by atoms with van der Waals surface area (Å²) in [4.78, 5) is 18.7. The van der Waals surface area contributed by atoms with Crippen LogP contribution >= 0.6 is 0 Å². The first-order valence-electron chi connectivity index (χ1n) is 10.5. The number of aliphatic hydroxyl groups is 2. The highest BCUT2D eigenvalue weighted by atomic mass is 19.1. The average molecular weight is 471 g/mol. The molecule has 1 amide bonds. The van der Waals surface area contributed by atoms with Gasteiger partial charge in [-0.2, -0.15) is 5.26 Å². The van der Waals surface area contributed by atoms with Crippen molar-refractivity contribution in [1.82, 2.24) is 4.98 Å². The van der Waals surface area contributed by atoms with E-state index in [4.69, 9.17) is 5.41 Å². The topological polar surface area (TPSA) is 150 Å². The monoisotopic (exact) mass is 471 g/mol. The van der Waals surface area contributed by atoms with Crippen molar-refractivity contribution >= 4 is 23.6 Å². The first kappa shape index (κ1) is 24.9. The molecule has 6 N–H and O–H groups in total. The summed E-state index contributed by atoms with van der Waals surface area (Å²) in [7, 11) is 0. The summed E-state index contributed by atoms with van der Waals surface area (Å²) in [6, 6.07) is 7.03. The molecule has 0 aliphatic carbocycles. The van der Waals surface area contributed by atoms with Crippen LogP contribution in [0.5, 0.6) is 0 Å². The van der Waals surface area contributed by atoms with Crippen molar-refractivity contribution in [3.8, 4) is 6.07 Å². The Morgan fingerprint density at radius 1 is 1.35 bits per heavy atom. The Balaban J connectivity index is 1.89. The van der Waals surface area contributed by atoms with Gasteiger partial charge in [-0.3, -0.25) is 4.79 Å². The summed E-state index contributed by atoms with van der Waals surface area (Å²) in [6.45, 7) is 0.898. The van der Waals surface area contributed by atoms with Crippen molar-refractivity contribution in [2.24, 2.45) is 0 Å². The van der Waals surface area contributed by atoms with Crippen LogP contribution in [0.1, 0.15) is 24.5 Å². The molecular formula is C23H25F2N6O3+. The Kier molecular flexibility index (Phi) is 7.68. The van der Waals surface area contributed by atoms with Crippen LogP contribution in [0.25, 0.3) is 0 Å². The van der Waals surface area contributed by atoms with Crippen LogP contribution in [-0.2, 0) is 11.3 Å². The van der Waals surface area contributed by atoms with Crippen LogP contribution in [0.3, 0.4) is 0 Å². The third kappa shape index (κ3) is 5.09. The molecule has 2 heterocycles. The summed E-state index contributed by atoms with van der Waals surface area (Å²) in [5, 5.41) is 40.7. The van der Waals surface area contributed by atoms with Gasteiger partial charge in [-0.1, -0.05) is 6.07 Å². The van der Waals surface area contributed by atoms with Gasteiger partial charge in [-0.15, -0.1) is 0 Å². The number of carbonyl (C=O) groups excluding carboxylic acids is 1. The third-order valence-corrected chi connectivity index (χ3v) is 5.61. The Hall–Kier alpha value is -3.72. The smallest absolute Gasteiger partial charge is 0.265 e. The number of anilines is 2. The largest absolute Gasteiger partial charge is 0.394 e. The van der Waals surface area contributed by atoms with Crippen molar-refractivity contribution in [3.05, 3.63) is 64.5 Å². The number of pyridine rings is 1. The van der Waals surface area contributed by atoms with E-state index in [2.05, 4.69) is 10.3 Å². The maximum atomic E-state index is 14.0. The maximum Gasteiger partial charge on any atom is 0.265 e. The number of hydrogen-bond acceptors (Lipinski definition) is 7. The van der Waals surface area contributed by atoms with E-state index in [1.165, 1.54) is 28.5 Å².